The summed E-state index contributed by atoms with van der Waals surface area (Å²) in [6.45, 7) is 15.6. The van der Waals surface area contributed by atoms with E-state index in [1.807, 2.05) is 18.2 Å². The maximum Gasteiger partial charge on any atom is 0.328 e. The van der Waals surface area contributed by atoms with Gasteiger partial charge in [-0.3, -0.25) is 0 Å². The molecule has 4 nitrogen and oxygen atoms in total. The van der Waals surface area contributed by atoms with Crippen LogP contribution in [0.5, 0.6) is 0 Å². The largest absolute Gasteiger partial charge is 0.478 e. The first kappa shape index (κ1) is 24.0. The van der Waals surface area contributed by atoms with E-state index in [1.54, 1.807) is 6.08 Å². The van der Waals surface area contributed by atoms with E-state index in [0.29, 0.717) is 5.92 Å². The number of aliphatic carboxylic acids is 1. The van der Waals surface area contributed by atoms with Gasteiger partial charge in [0.2, 0.25) is 0 Å². The maximum absolute atomic E-state index is 10.8. The summed E-state index contributed by atoms with van der Waals surface area (Å²) in [7, 11) is -3.78. The summed E-state index contributed by atoms with van der Waals surface area (Å²) >= 11 is 0. The van der Waals surface area contributed by atoms with Gasteiger partial charge >= 0.3 is 5.97 Å². The highest BCUT2D eigenvalue weighted by molar-refractivity contribution is 6.71. The molecule has 0 aliphatic heterocycles. The Balaban J connectivity index is 2.72. The first-order chi connectivity index (χ1) is 12.4. The molecule has 7 heteroatoms. The van der Waals surface area contributed by atoms with Gasteiger partial charge in [-0.15, -0.1) is 0 Å². The van der Waals surface area contributed by atoms with Gasteiger partial charge in [-0.2, -0.15) is 0 Å². The highest BCUT2D eigenvalue weighted by atomic mass is 28.4. The molecule has 0 aromatic heterocycles. The quantitative estimate of drug-likeness (QED) is 0.322. The monoisotopic (exact) mass is 424 g/mol. The van der Waals surface area contributed by atoms with Gasteiger partial charge in [0.25, 0.3) is 0 Å². The Labute approximate surface area is 169 Å². The molecule has 0 fully saturated rings. The molecule has 1 N–H and O–H groups in total. The summed E-state index contributed by atoms with van der Waals surface area (Å²) in [4.78, 5) is 10.8. The second kappa shape index (κ2) is 10.5. The fraction of sp³-hybridized carbons (Fsp3) is 0.550. The molecule has 1 atom stereocenters. The van der Waals surface area contributed by atoms with E-state index in [-0.39, 0.29) is 5.91 Å². The summed E-state index contributed by atoms with van der Waals surface area (Å²) in [6, 6.07) is 9.18. The highest BCUT2D eigenvalue weighted by Crippen LogP contribution is 2.20. The van der Waals surface area contributed by atoms with Crippen molar-refractivity contribution >= 4 is 38.2 Å². The van der Waals surface area contributed by atoms with Crippen LogP contribution in [0.3, 0.4) is 0 Å². The van der Waals surface area contributed by atoms with Gasteiger partial charge in [0.15, 0.2) is 16.6 Å². The fourth-order valence-electron chi connectivity index (χ4n) is 2.87. The van der Waals surface area contributed by atoms with E-state index in [9.17, 15) is 4.79 Å². The number of hydrogen-bond donors (Lipinski definition) is 1. The molecule has 1 rings (SSSR count). The molecule has 0 aliphatic carbocycles. The third kappa shape index (κ3) is 11.4. The summed E-state index contributed by atoms with van der Waals surface area (Å²) in [5.41, 5.74) is 2.19. The van der Waals surface area contributed by atoms with Crippen molar-refractivity contribution in [3.8, 4) is 0 Å². The fourth-order valence-corrected chi connectivity index (χ4v) is 9.63. The molecule has 152 valence electrons. The summed E-state index contributed by atoms with van der Waals surface area (Å²) in [5, 5.41) is 8.88. The van der Waals surface area contributed by atoms with Crippen LogP contribution in [0.1, 0.15) is 18.1 Å². The van der Waals surface area contributed by atoms with Crippen LogP contribution >= 0.6 is 0 Å². The predicted octanol–water partition coefficient (Wildman–Crippen LogP) is 4.54. The standard InChI is InChI=1S/C20H36O4Si3/c1-16(14-18-11-9-8-10-17(18)12-13-19(21)22)15-25-20(23-26(2,3)4)24-27(5,6)7/h8-13,16,20H,14-15,25H2,1-7H3,(H,21,22)/b13-12+. The molecule has 1 unspecified atom stereocenters. The lowest BCUT2D eigenvalue weighted by molar-refractivity contribution is -0.131. The Bertz CT molecular complexity index is 617. The molecule has 0 aliphatic rings. The maximum atomic E-state index is 10.8. The van der Waals surface area contributed by atoms with Crippen LogP contribution in [0.25, 0.3) is 6.08 Å². The Hall–Kier alpha value is -0.999. The van der Waals surface area contributed by atoms with Crippen LogP contribution in [0, 0.1) is 5.92 Å². The predicted molar refractivity (Wildman–Crippen MR) is 122 cm³/mol. The lowest BCUT2D eigenvalue weighted by Crippen LogP contribution is -2.43. The number of benzene rings is 1. The number of carbonyl (C=O) groups is 1. The molecular weight excluding hydrogens is 388 g/mol. The summed E-state index contributed by atoms with van der Waals surface area (Å²) < 4.78 is 12.7. The highest BCUT2D eigenvalue weighted by Gasteiger charge is 2.27. The molecule has 0 spiro atoms. The van der Waals surface area contributed by atoms with Crippen molar-refractivity contribution < 1.29 is 18.8 Å². The third-order valence-corrected chi connectivity index (χ3v) is 8.62. The smallest absolute Gasteiger partial charge is 0.328 e. The van der Waals surface area contributed by atoms with Crippen LogP contribution in [0.4, 0.5) is 0 Å². The molecule has 0 heterocycles. The Morgan fingerprint density at radius 2 is 1.67 bits per heavy atom. The average Bonchev–Trinajstić information content (AvgIpc) is 2.49. The zero-order valence-electron chi connectivity index (χ0n) is 17.9. The Morgan fingerprint density at radius 1 is 1.11 bits per heavy atom. The number of carboxylic acids is 1. The number of carboxylic acid groups (broad SMARTS) is 1. The first-order valence-corrected chi connectivity index (χ1v) is 18.3. The molecule has 0 radical (unpaired) electrons. The number of rotatable bonds is 11. The minimum atomic E-state index is -1.63. The van der Waals surface area contributed by atoms with Crippen molar-refractivity contribution in [3.05, 3.63) is 41.5 Å². The molecule has 0 saturated carbocycles. The van der Waals surface area contributed by atoms with Crippen LogP contribution in [0.15, 0.2) is 30.3 Å². The average molecular weight is 425 g/mol. The third-order valence-electron chi connectivity index (χ3n) is 3.89. The van der Waals surface area contributed by atoms with Gasteiger partial charge in [0.05, 0.1) is 9.52 Å². The SMILES string of the molecule is CC(C[SiH2]C(O[Si](C)(C)C)O[Si](C)(C)C)Cc1ccccc1/C=C/C(=O)O. The van der Waals surface area contributed by atoms with E-state index in [1.165, 1.54) is 11.6 Å². The molecular formula is C20H36O4Si3. The molecule has 0 bridgehead atoms. The van der Waals surface area contributed by atoms with Crippen LogP contribution in [-0.2, 0) is 20.1 Å². The van der Waals surface area contributed by atoms with Crippen molar-refractivity contribution in [2.75, 3.05) is 0 Å². The van der Waals surface area contributed by atoms with Gasteiger partial charge in [-0.05, 0) is 68.8 Å². The molecule has 1 aromatic carbocycles. The molecule has 0 amide bonds. The van der Waals surface area contributed by atoms with Crippen molar-refractivity contribution in [2.45, 2.75) is 64.6 Å². The number of hydrogen-bond acceptors (Lipinski definition) is 3. The zero-order valence-corrected chi connectivity index (χ0v) is 21.3. The van der Waals surface area contributed by atoms with Crippen molar-refractivity contribution in [1.29, 1.82) is 0 Å². The Morgan fingerprint density at radius 3 is 2.19 bits per heavy atom. The van der Waals surface area contributed by atoms with E-state index >= 15 is 0 Å². The van der Waals surface area contributed by atoms with Crippen molar-refractivity contribution in [3.63, 3.8) is 0 Å². The van der Waals surface area contributed by atoms with E-state index in [0.717, 1.165) is 18.0 Å². The van der Waals surface area contributed by atoms with E-state index in [2.05, 4.69) is 52.3 Å². The minimum absolute atomic E-state index is 0.0212. The van der Waals surface area contributed by atoms with E-state index in [4.69, 9.17) is 14.0 Å². The lowest BCUT2D eigenvalue weighted by atomic mass is 9.97. The van der Waals surface area contributed by atoms with Crippen LogP contribution in [0.2, 0.25) is 45.3 Å². The molecule has 27 heavy (non-hydrogen) atoms. The van der Waals surface area contributed by atoms with Gasteiger partial charge in [-0.1, -0.05) is 37.2 Å². The Kier molecular flexibility index (Phi) is 9.37. The normalized spacial score (nSPS) is 14.5. The molecule has 1 aromatic rings. The van der Waals surface area contributed by atoms with Crippen molar-refractivity contribution in [1.82, 2.24) is 0 Å². The van der Waals surface area contributed by atoms with Crippen molar-refractivity contribution in [2.24, 2.45) is 5.92 Å². The molecule has 0 saturated heterocycles. The zero-order chi connectivity index (χ0) is 20.7. The summed E-state index contributed by atoms with van der Waals surface area (Å²) in [6.07, 6.45) is 3.84. The van der Waals surface area contributed by atoms with Gasteiger partial charge < -0.3 is 14.0 Å². The van der Waals surface area contributed by atoms with Gasteiger partial charge in [0, 0.05) is 6.08 Å². The van der Waals surface area contributed by atoms with Gasteiger partial charge in [0.1, 0.15) is 5.91 Å². The second-order valence-corrected chi connectivity index (χ2v) is 19.9. The second-order valence-electron chi connectivity index (χ2n) is 9.15. The van der Waals surface area contributed by atoms with Gasteiger partial charge in [-0.25, -0.2) is 4.79 Å². The van der Waals surface area contributed by atoms with Crippen LogP contribution < -0.4 is 0 Å². The van der Waals surface area contributed by atoms with Crippen LogP contribution in [-0.4, -0.2) is 43.1 Å². The summed E-state index contributed by atoms with van der Waals surface area (Å²) in [5.74, 6) is -0.373. The first-order valence-electron chi connectivity index (χ1n) is 9.70. The minimum Gasteiger partial charge on any atom is -0.478 e. The van der Waals surface area contributed by atoms with E-state index < -0.39 is 32.1 Å². The topological polar surface area (TPSA) is 55.8 Å². The lowest BCUT2D eigenvalue weighted by Gasteiger charge is -2.32.